The zero-order chi connectivity index (χ0) is 16.6. The molecule has 0 radical (unpaired) electrons. The lowest BCUT2D eigenvalue weighted by atomic mass is 10.1. The van der Waals surface area contributed by atoms with E-state index in [0.29, 0.717) is 29.2 Å². The largest absolute Gasteiger partial charge is 0.497 e. The second-order valence-corrected chi connectivity index (χ2v) is 7.20. The number of benzene rings is 1. The van der Waals surface area contributed by atoms with Crippen molar-refractivity contribution < 1.29 is 13.9 Å². The summed E-state index contributed by atoms with van der Waals surface area (Å²) >= 11 is 5.06. The number of nitrogens with zero attached hydrogens (tertiary/aromatic N) is 1. The van der Waals surface area contributed by atoms with Gasteiger partial charge in [-0.25, -0.2) is 0 Å². The summed E-state index contributed by atoms with van der Waals surface area (Å²) in [6.07, 6.45) is 0. The number of amides is 1. The van der Waals surface area contributed by atoms with Gasteiger partial charge in [-0.3, -0.25) is 4.79 Å². The molecule has 1 amide bonds. The molecule has 3 rings (SSSR count). The molecule has 3 aromatic rings. The zero-order valence-corrected chi connectivity index (χ0v) is 15.5. The van der Waals surface area contributed by atoms with E-state index in [1.165, 1.54) is 0 Å². The van der Waals surface area contributed by atoms with Gasteiger partial charge in [0.1, 0.15) is 17.1 Å². The molecule has 0 N–H and O–H groups in total. The number of hydrogen-bond donors (Lipinski definition) is 0. The number of aryl methyl sites for hydroxylation is 1. The molecule has 0 unspecified atom stereocenters. The number of fused-ring (bicyclic) bond motifs is 1. The molecule has 1 aromatic carbocycles. The van der Waals surface area contributed by atoms with Crippen molar-refractivity contribution in [2.75, 3.05) is 14.2 Å². The van der Waals surface area contributed by atoms with E-state index in [2.05, 4.69) is 15.9 Å². The van der Waals surface area contributed by atoms with Gasteiger partial charge < -0.3 is 14.1 Å². The van der Waals surface area contributed by atoms with Gasteiger partial charge >= 0.3 is 0 Å². The number of carbonyl (C=O) groups is 1. The van der Waals surface area contributed by atoms with E-state index in [0.717, 1.165) is 14.7 Å². The van der Waals surface area contributed by atoms with Crippen molar-refractivity contribution >= 4 is 44.1 Å². The summed E-state index contributed by atoms with van der Waals surface area (Å²) in [5.74, 6) is 1.27. The summed E-state index contributed by atoms with van der Waals surface area (Å²) < 4.78 is 12.0. The van der Waals surface area contributed by atoms with Crippen molar-refractivity contribution in [3.8, 4) is 5.75 Å². The summed E-state index contributed by atoms with van der Waals surface area (Å²) in [5, 5.41) is 2.79. The molecule has 0 saturated heterocycles. The first-order valence-electron chi connectivity index (χ1n) is 7.05. The Labute approximate surface area is 146 Å². The molecule has 2 aromatic heterocycles. The predicted octanol–water partition coefficient (Wildman–Crippen LogP) is 4.85. The molecule has 0 aliphatic rings. The van der Waals surface area contributed by atoms with Crippen LogP contribution in [0.15, 0.2) is 38.5 Å². The number of carbonyl (C=O) groups excluding carboxylic acids is 1. The molecule has 0 bridgehead atoms. The number of hydrogen-bond acceptors (Lipinski definition) is 4. The SMILES string of the molecule is COc1ccc2oc(C)c(C(=O)N(C)Cc3cc(Br)cs3)c2c1. The van der Waals surface area contributed by atoms with E-state index in [-0.39, 0.29) is 5.91 Å². The standard InChI is InChI=1S/C17H16BrNO3S/c1-10-16(14-7-12(21-3)4-5-15(14)22-10)17(20)19(2)8-13-6-11(18)9-23-13/h4-7,9H,8H2,1-3H3. The zero-order valence-electron chi connectivity index (χ0n) is 13.1. The first kappa shape index (κ1) is 16.1. The summed E-state index contributed by atoms with van der Waals surface area (Å²) in [6, 6.07) is 7.52. The van der Waals surface area contributed by atoms with E-state index < -0.39 is 0 Å². The summed E-state index contributed by atoms with van der Waals surface area (Å²) in [6.45, 7) is 2.38. The van der Waals surface area contributed by atoms with E-state index in [1.54, 1.807) is 30.4 Å². The third-order valence-electron chi connectivity index (χ3n) is 3.65. The average Bonchev–Trinajstić information content (AvgIpc) is 3.07. The normalized spacial score (nSPS) is 11.0. The van der Waals surface area contributed by atoms with Crippen LogP contribution in [0.5, 0.6) is 5.75 Å². The highest BCUT2D eigenvalue weighted by Crippen LogP contribution is 2.30. The highest BCUT2D eigenvalue weighted by molar-refractivity contribution is 9.10. The lowest BCUT2D eigenvalue weighted by Crippen LogP contribution is -2.26. The van der Waals surface area contributed by atoms with Crippen LogP contribution in [0, 0.1) is 6.92 Å². The fourth-order valence-electron chi connectivity index (χ4n) is 2.52. The smallest absolute Gasteiger partial charge is 0.258 e. The molecule has 0 spiro atoms. The molecule has 2 heterocycles. The Balaban J connectivity index is 1.94. The van der Waals surface area contributed by atoms with Gasteiger partial charge in [0.2, 0.25) is 0 Å². The quantitative estimate of drug-likeness (QED) is 0.636. The highest BCUT2D eigenvalue weighted by atomic mass is 79.9. The fraction of sp³-hybridized carbons (Fsp3) is 0.235. The molecule has 0 fully saturated rings. The lowest BCUT2D eigenvalue weighted by Gasteiger charge is -2.16. The van der Waals surface area contributed by atoms with Crippen LogP contribution in [0.25, 0.3) is 11.0 Å². The van der Waals surface area contributed by atoms with Gasteiger partial charge in [0.05, 0.1) is 19.2 Å². The molecule has 120 valence electrons. The van der Waals surface area contributed by atoms with Crippen molar-refractivity contribution in [3.63, 3.8) is 0 Å². The van der Waals surface area contributed by atoms with Gasteiger partial charge in [-0.15, -0.1) is 11.3 Å². The summed E-state index contributed by atoms with van der Waals surface area (Å²) in [5.41, 5.74) is 1.29. The first-order chi connectivity index (χ1) is 11.0. The summed E-state index contributed by atoms with van der Waals surface area (Å²) in [7, 11) is 3.41. The Bertz CT molecular complexity index is 868. The topological polar surface area (TPSA) is 42.7 Å². The molecule has 4 nitrogen and oxygen atoms in total. The van der Waals surface area contributed by atoms with Gasteiger partial charge in [0.15, 0.2) is 0 Å². The number of rotatable bonds is 4. The van der Waals surface area contributed by atoms with Crippen LogP contribution < -0.4 is 4.74 Å². The van der Waals surface area contributed by atoms with Gasteiger partial charge in [-0.05, 0) is 47.1 Å². The van der Waals surface area contributed by atoms with Crippen molar-refractivity contribution in [1.82, 2.24) is 4.90 Å². The lowest BCUT2D eigenvalue weighted by molar-refractivity contribution is 0.0786. The fourth-order valence-corrected chi connectivity index (χ4v) is 4.03. The Hall–Kier alpha value is -1.79. The van der Waals surface area contributed by atoms with Crippen molar-refractivity contribution in [2.24, 2.45) is 0 Å². The molecular formula is C17H16BrNO3S. The number of halogens is 1. The van der Waals surface area contributed by atoms with Crippen LogP contribution in [0.1, 0.15) is 21.0 Å². The predicted molar refractivity (Wildman–Crippen MR) is 95.3 cm³/mol. The van der Waals surface area contributed by atoms with Gasteiger partial charge in [-0.1, -0.05) is 0 Å². The van der Waals surface area contributed by atoms with Crippen LogP contribution in [0.2, 0.25) is 0 Å². The van der Waals surface area contributed by atoms with Crippen molar-refractivity contribution in [1.29, 1.82) is 0 Å². The second kappa shape index (κ2) is 6.37. The number of furan rings is 1. The van der Waals surface area contributed by atoms with Gasteiger partial charge in [0, 0.05) is 27.2 Å². The maximum absolute atomic E-state index is 12.9. The first-order valence-corrected chi connectivity index (χ1v) is 8.72. The van der Waals surface area contributed by atoms with E-state index >= 15 is 0 Å². The van der Waals surface area contributed by atoms with Crippen LogP contribution in [0.3, 0.4) is 0 Å². The van der Waals surface area contributed by atoms with Crippen LogP contribution in [-0.2, 0) is 6.54 Å². The minimum absolute atomic E-state index is 0.0565. The number of ether oxygens (including phenoxy) is 1. The minimum atomic E-state index is -0.0565. The minimum Gasteiger partial charge on any atom is -0.497 e. The van der Waals surface area contributed by atoms with Crippen LogP contribution in [0.4, 0.5) is 0 Å². The second-order valence-electron chi connectivity index (χ2n) is 5.29. The van der Waals surface area contributed by atoms with E-state index in [9.17, 15) is 4.79 Å². The molecule has 0 atom stereocenters. The Morgan fingerprint density at radius 2 is 2.17 bits per heavy atom. The number of thiophene rings is 1. The molecule has 0 saturated carbocycles. The maximum atomic E-state index is 12.9. The number of methoxy groups -OCH3 is 1. The van der Waals surface area contributed by atoms with Crippen molar-refractivity contribution in [3.05, 3.63) is 50.3 Å². The Morgan fingerprint density at radius 3 is 2.83 bits per heavy atom. The van der Waals surface area contributed by atoms with Crippen molar-refractivity contribution in [2.45, 2.75) is 13.5 Å². The van der Waals surface area contributed by atoms with Gasteiger partial charge in [0.25, 0.3) is 5.91 Å². The summed E-state index contributed by atoms with van der Waals surface area (Å²) in [4.78, 5) is 15.7. The van der Waals surface area contributed by atoms with Crippen LogP contribution in [-0.4, -0.2) is 25.0 Å². The van der Waals surface area contributed by atoms with E-state index in [1.807, 2.05) is 36.6 Å². The van der Waals surface area contributed by atoms with Gasteiger partial charge in [-0.2, -0.15) is 0 Å². The van der Waals surface area contributed by atoms with Crippen LogP contribution >= 0.6 is 27.3 Å². The monoisotopic (exact) mass is 393 g/mol. The Morgan fingerprint density at radius 1 is 1.39 bits per heavy atom. The molecule has 23 heavy (non-hydrogen) atoms. The third-order valence-corrected chi connectivity index (χ3v) is 5.33. The molecule has 0 aliphatic carbocycles. The molecule has 6 heteroatoms. The molecule has 0 aliphatic heterocycles. The van der Waals surface area contributed by atoms with E-state index in [4.69, 9.17) is 9.15 Å². The highest BCUT2D eigenvalue weighted by Gasteiger charge is 2.22. The maximum Gasteiger partial charge on any atom is 0.258 e. The molecular weight excluding hydrogens is 378 g/mol. The average molecular weight is 394 g/mol. The third kappa shape index (κ3) is 3.14. The Kier molecular flexibility index (Phi) is 4.46.